The van der Waals surface area contributed by atoms with E-state index in [1.165, 1.54) is 12.3 Å². The molecule has 6 nitrogen and oxygen atoms in total. The molecular formula is C11H11FN4O2. The average Bonchev–Trinajstić information content (AvgIpc) is 2.64. The van der Waals surface area contributed by atoms with Crippen molar-refractivity contribution < 1.29 is 13.7 Å². The van der Waals surface area contributed by atoms with Gasteiger partial charge in [-0.25, -0.2) is 9.37 Å². The minimum atomic E-state index is -0.858. The van der Waals surface area contributed by atoms with Crippen molar-refractivity contribution in [1.29, 1.82) is 0 Å². The molecular weight excluding hydrogens is 239 g/mol. The van der Waals surface area contributed by atoms with Crippen LogP contribution in [0.25, 0.3) is 0 Å². The molecule has 0 radical (unpaired) electrons. The molecule has 0 aliphatic heterocycles. The molecule has 0 bridgehead atoms. The van der Waals surface area contributed by atoms with Crippen molar-refractivity contribution in [1.82, 2.24) is 10.1 Å². The maximum atomic E-state index is 13.6. The van der Waals surface area contributed by atoms with E-state index in [9.17, 15) is 9.18 Å². The van der Waals surface area contributed by atoms with Crippen molar-refractivity contribution in [2.45, 2.75) is 13.8 Å². The van der Waals surface area contributed by atoms with Crippen LogP contribution in [0.3, 0.4) is 0 Å². The number of aromatic nitrogens is 2. The van der Waals surface area contributed by atoms with Gasteiger partial charge in [-0.3, -0.25) is 10.1 Å². The zero-order valence-corrected chi connectivity index (χ0v) is 9.82. The number of aryl methyl sites for hydroxylation is 1. The number of carbonyl (C=O) groups is 1. The minimum Gasteiger partial charge on any atom is -0.381 e. The lowest BCUT2D eigenvalue weighted by Gasteiger charge is -2.04. The highest BCUT2D eigenvalue weighted by Gasteiger charge is 2.18. The van der Waals surface area contributed by atoms with Gasteiger partial charge in [0.25, 0.3) is 5.91 Å². The summed E-state index contributed by atoms with van der Waals surface area (Å²) in [7, 11) is 0. The number of amides is 1. The maximum absolute atomic E-state index is 13.6. The molecule has 0 saturated heterocycles. The number of nitrogens with one attached hydrogen (secondary N) is 1. The van der Waals surface area contributed by atoms with E-state index in [-0.39, 0.29) is 17.3 Å². The Morgan fingerprint density at radius 3 is 2.83 bits per heavy atom. The lowest BCUT2D eigenvalue weighted by atomic mass is 10.2. The van der Waals surface area contributed by atoms with Gasteiger partial charge in [-0.15, -0.1) is 0 Å². The first-order chi connectivity index (χ1) is 8.50. The third-order valence-corrected chi connectivity index (χ3v) is 2.55. The van der Waals surface area contributed by atoms with Gasteiger partial charge in [0.15, 0.2) is 11.6 Å². The molecule has 0 aliphatic carbocycles. The van der Waals surface area contributed by atoms with Crippen LogP contribution < -0.4 is 11.1 Å². The molecule has 3 N–H and O–H groups in total. The highest BCUT2D eigenvalue weighted by Crippen LogP contribution is 2.19. The van der Waals surface area contributed by atoms with Gasteiger partial charge in [0.2, 0.25) is 5.88 Å². The summed E-state index contributed by atoms with van der Waals surface area (Å²) in [6.07, 6.45) is 1.26. The topological polar surface area (TPSA) is 94.0 Å². The van der Waals surface area contributed by atoms with Gasteiger partial charge in [-0.2, -0.15) is 0 Å². The van der Waals surface area contributed by atoms with E-state index < -0.39 is 11.7 Å². The first kappa shape index (κ1) is 12.0. The zero-order valence-electron chi connectivity index (χ0n) is 9.82. The number of pyridine rings is 1. The van der Waals surface area contributed by atoms with Gasteiger partial charge in [0.1, 0.15) is 0 Å². The monoisotopic (exact) mass is 250 g/mol. The molecule has 94 valence electrons. The van der Waals surface area contributed by atoms with Gasteiger partial charge in [-0.05, 0) is 19.9 Å². The van der Waals surface area contributed by atoms with E-state index in [0.29, 0.717) is 11.3 Å². The number of rotatable bonds is 2. The number of nitrogens with two attached hydrogens (primary N) is 1. The van der Waals surface area contributed by atoms with Crippen molar-refractivity contribution in [3.05, 3.63) is 34.9 Å². The third kappa shape index (κ3) is 2.02. The normalized spacial score (nSPS) is 10.4. The molecule has 0 aromatic carbocycles. The molecule has 2 heterocycles. The van der Waals surface area contributed by atoms with E-state index in [1.54, 1.807) is 13.8 Å². The van der Waals surface area contributed by atoms with Gasteiger partial charge in [0.05, 0.1) is 11.3 Å². The Morgan fingerprint density at radius 1 is 1.50 bits per heavy atom. The van der Waals surface area contributed by atoms with Crippen molar-refractivity contribution in [3.63, 3.8) is 0 Å². The molecule has 0 atom stereocenters. The zero-order chi connectivity index (χ0) is 13.3. The van der Waals surface area contributed by atoms with E-state index in [4.69, 9.17) is 10.3 Å². The van der Waals surface area contributed by atoms with Crippen molar-refractivity contribution in [3.8, 4) is 0 Å². The summed E-state index contributed by atoms with van der Waals surface area (Å²) in [5, 5.41) is 6.11. The number of hydrogen-bond acceptors (Lipinski definition) is 5. The first-order valence-electron chi connectivity index (χ1n) is 5.15. The van der Waals surface area contributed by atoms with Crippen LogP contribution in [0.5, 0.6) is 0 Å². The van der Waals surface area contributed by atoms with Gasteiger partial charge < -0.3 is 10.3 Å². The van der Waals surface area contributed by atoms with Crippen molar-refractivity contribution in [2.75, 3.05) is 11.1 Å². The molecule has 0 aliphatic rings. The number of nitrogen functional groups attached to an aromatic ring is 1. The molecule has 2 aromatic rings. The van der Waals surface area contributed by atoms with Crippen LogP contribution >= 0.6 is 0 Å². The highest BCUT2D eigenvalue weighted by atomic mass is 19.1. The maximum Gasteiger partial charge on any atom is 0.261 e. The van der Waals surface area contributed by atoms with Crippen LogP contribution in [0.15, 0.2) is 16.8 Å². The third-order valence-electron chi connectivity index (χ3n) is 2.55. The molecule has 0 unspecified atom stereocenters. The average molecular weight is 250 g/mol. The first-order valence-corrected chi connectivity index (χ1v) is 5.15. The van der Waals surface area contributed by atoms with E-state index in [1.807, 2.05) is 0 Å². The quantitative estimate of drug-likeness (QED) is 0.845. The van der Waals surface area contributed by atoms with Crippen LogP contribution in [0.1, 0.15) is 21.6 Å². The summed E-state index contributed by atoms with van der Waals surface area (Å²) in [4.78, 5) is 15.4. The fourth-order valence-electron chi connectivity index (χ4n) is 1.34. The Kier molecular flexibility index (Phi) is 2.97. The minimum absolute atomic E-state index is 0.187. The SMILES string of the molecule is Cc1noc(NC(=O)c2ccnc(N)c2F)c1C. The Morgan fingerprint density at radius 2 is 2.22 bits per heavy atom. The Labute approximate surface area is 102 Å². The van der Waals surface area contributed by atoms with Crippen LogP contribution in [-0.2, 0) is 0 Å². The molecule has 7 heteroatoms. The van der Waals surface area contributed by atoms with Crippen LogP contribution in [-0.4, -0.2) is 16.0 Å². The number of hydrogen-bond donors (Lipinski definition) is 2. The molecule has 1 amide bonds. The Bertz CT molecular complexity index is 609. The van der Waals surface area contributed by atoms with Crippen LogP contribution in [0, 0.1) is 19.7 Å². The standard InChI is InChI=1S/C11H11FN4O2/c1-5-6(2)16-18-11(5)15-10(17)7-3-4-14-9(13)8(7)12/h3-4H,1-2H3,(H2,13,14)(H,15,17). The fraction of sp³-hybridized carbons (Fsp3) is 0.182. The second-order valence-corrected chi connectivity index (χ2v) is 3.73. The highest BCUT2D eigenvalue weighted by molar-refractivity contribution is 6.04. The summed E-state index contributed by atoms with van der Waals surface area (Å²) in [6.45, 7) is 3.47. The summed E-state index contributed by atoms with van der Waals surface area (Å²) in [5.74, 6) is -1.66. The summed E-state index contributed by atoms with van der Waals surface area (Å²) >= 11 is 0. The molecule has 0 spiro atoms. The fourth-order valence-corrected chi connectivity index (χ4v) is 1.34. The summed E-state index contributed by atoms with van der Waals surface area (Å²) in [6, 6.07) is 1.24. The second-order valence-electron chi connectivity index (χ2n) is 3.73. The van der Waals surface area contributed by atoms with Crippen LogP contribution in [0.4, 0.5) is 16.1 Å². The molecule has 0 saturated carbocycles. The number of nitrogens with zero attached hydrogens (tertiary/aromatic N) is 2. The van der Waals surface area contributed by atoms with Gasteiger partial charge >= 0.3 is 0 Å². The molecule has 18 heavy (non-hydrogen) atoms. The number of carbonyl (C=O) groups excluding carboxylic acids is 1. The number of halogens is 1. The molecule has 2 rings (SSSR count). The van der Waals surface area contributed by atoms with E-state index in [0.717, 1.165) is 0 Å². The van der Waals surface area contributed by atoms with Gasteiger partial charge in [0, 0.05) is 11.8 Å². The molecule has 0 fully saturated rings. The van der Waals surface area contributed by atoms with Crippen molar-refractivity contribution in [2.24, 2.45) is 0 Å². The second kappa shape index (κ2) is 4.44. The smallest absolute Gasteiger partial charge is 0.261 e. The van der Waals surface area contributed by atoms with E-state index >= 15 is 0 Å². The van der Waals surface area contributed by atoms with Crippen LogP contribution in [0.2, 0.25) is 0 Å². The lowest BCUT2D eigenvalue weighted by molar-refractivity contribution is 0.102. The van der Waals surface area contributed by atoms with Gasteiger partial charge in [-0.1, -0.05) is 5.16 Å². The molecule has 2 aromatic heterocycles. The lowest BCUT2D eigenvalue weighted by Crippen LogP contribution is -2.15. The summed E-state index contributed by atoms with van der Waals surface area (Å²) < 4.78 is 18.5. The summed E-state index contributed by atoms with van der Waals surface area (Å²) in [5.41, 5.74) is 6.42. The predicted molar refractivity (Wildman–Crippen MR) is 62.5 cm³/mol. The van der Waals surface area contributed by atoms with Crippen molar-refractivity contribution >= 4 is 17.6 Å². The number of anilines is 2. The largest absolute Gasteiger partial charge is 0.381 e. The van der Waals surface area contributed by atoms with E-state index in [2.05, 4.69) is 15.5 Å². The Hall–Kier alpha value is -2.44. The predicted octanol–water partition coefficient (Wildman–Crippen LogP) is 1.66. The Balaban J connectivity index is 2.28.